The van der Waals surface area contributed by atoms with Crippen LogP contribution < -0.4 is 5.32 Å². The van der Waals surface area contributed by atoms with E-state index in [0.29, 0.717) is 12.5 Å². The Labute approximate surface area is 161 Å². The molecule has 1 N–H and O–H groups in total. The van der Waals surface area contributed by atoms with E-state index < -0.39 is 0 Å². The first-order chi connectivity index (χ1) is 13.1. The molecule has 1 aromatic rings. The van der Waals surface area contributed by atoms with Gasteiger partial charge in [0.2, 0.25) is 0 Å². The molecule has 0 unspecified atom stereocenters. The summed E-state index contributed by atoms with van der Waals surface area (Å²) >= 11 is 0. The molecule has 148 valence electrons. The molecule has 6 nitrogen and oxygen atoms in total. The Morgan fingerprint density at radius 1 is 1.07 bits per heavy atom. The number of nitrogens with zero attached hydrogens (tertiary/aromatic N) is 2. The van der Waals surface area contributed by atoms with Gasteiger partial charge in [-0.2, -0.15) is 0 Å². The van der Waals surface area contributed by atoms with Crippen LogP contribution in [0.25, 0.3) is 0 Å². The van der Waals surface area contributed by atoms with Crippen LogP contribution in [-0.4, -0.2) is 61.1 Å². The van der Waals surface area contributed by atoms with Gasteiger partial charge in [-0.05, 0) is 69.3 Å². The van der Waals surface area contributed by atoms with Gasteiger partial charge in [-0.1, -0.05) is 12.1 Å². The number of ether oxygens (including phenoxy) is 1. The smallest absolute Gasteiger partial charge is 0.321 e. The van der Waals surface area contributed by atoms with Crippen LogP contribution >= 0.6 is 0 Å². The Balaban J connectivity index is 1.41. The molecule has 2 saturated heterocycles. The summed E-state index contributed by atoms with van der Waals surface area (Å²) in [6.07, 6.45) is 5.09. The lowest BCUT2D eigenvalue weighted by molar-refractivity contribution is -0.142. The second-order valence-electron chi connectivity index (χ2n) is 7.55. The van der Waals surface area contributed by atoms with Gasteiger partial charge < -0.3 is 19.9 Å². The van der Waals surface area contributed by atoms with Gasteiger partial charge in [0.1, 0.15) is 0 Å². The fraction of sp³-hybridized carbons (Fsp3) is 0.619. The van der Waals surface area contributed by atoms with E-state index in [-0.39, 0.29) is 18.4 Å². The molecule has 0 aliphatic carbocycles. The van der Waals surface area contributed by atoms with Crippen LogP contribution in [0.15, 0.2) is 24.3 Å². The van der Waals surface area contributed by atoms with Crippen LogP contribution in [0.3, 0.4) is 0 Å². The number of nitrogens with one attached hydrogen (secondary N) is 1. The molecule has 27 heavy (non-hydrogen) atoms. The van der Waals surface area contributed by atoms with Gasteiger partial charge in [-0.15, -0.1) is 0 Å². The molecule has 0 aromatic heterocycles. The Bertz CT molecular complexity index is 618. The highest BCUT2D eigenvalue weighted by atomic mass is 16.5. The van der Waals surface area contributed by atoms with Gasteiger partial charge in [0.25, 0.3) is 0 Å². The first-order valence-corrected chi connectivity index (χ1v) is 10.2. The van der Waals surface area contributed by atoms with Gasteiger partial charge in [0.05, 0.1) is 13.0 Å². The minimum Gasteiger partial charge on any atom is -0.466 e. The van der Waals surface area contributed by atoms with Crippen molar-refractivity contribution in [2.45, 2.75) is 39.0 Å². The Morgan fingerprint density at radius 3 is 2.37 bits per heavy atom. The maximum atomic E-state index is 12.5. The van der Waals surface area contributed by atoms with Crippen LogP contribution in [0.5, 0.6) is 0 Å². The number of urea groups is 1. The van der Waals surface area contributed by atoms with Crippen LogP contribution in [-0.2, 0) is 16.0 Å². The molecule has 0 atom stereocenters. The van der Waals surface area contributed by atoms with Crippen molar-refractivity contribution < 1.29 is 14.3 Å². The molecule has 2 fully saturated rings. The number of hydrogen-bond acceptors (Lipinski definition) is 4. The van der Waals surface area contributed by atoms with E-state index in [1.54, 1.807) is 6.92 Å². The summed E-state index contributed by atoms with van der Waals surface area (Å²) in [6.45, 7) is 7.51. The van der Waals surface area contributed by atoms with Crippen molar-refractivity contribution in [2.24, 2.45) is 5.92 Å². The Kier molecular flexibility index (Phi) is 7.10. The summed E-state index contributed by atoms with van der Waals surface area (Å²) in [5.41, 5.74) is 1.64. The van der Waals surface area contributed by atoms with Crippen molar-refractivity contribution in [2.75, 3.05) is 44.6 Å². The number of esters is 1. The first-order valence-electron chi connectivity index (χ1n) is 10.2. The number of rotatable bonds is 6. The van der Waals surface area contributed by atoms with E-state index in [1.165, 1.54) is 32.5 Å². The minimum absolute atomic E-state index is 0.0345. The topological polar surface area (TPSA) is 61.9 Å². The molecule has 3 rings (SSSR count). The zero-order valence-electron chi connectivity index (χ0n) is 16.3. The number of carbonyl (C=O) groups excluding carboxylic acids is 2. The molecule has 0 saturated carbocycles. The molecule has 2 aliphatic rings. The lowest BCUT2D eigenvalue weighted by Gasteiger charge is -2.33. The number of piperidine rings is 1. The minimum atomic E-state index is -0.230. The molecular weight excluding hydrogens is 342 g/mol. The summed E-state index contributed by atoms with van der Waals surface area (Å²) in [5.74, 6) is 0.486. The highest BCUT2D eigenvalue weighted by Crippen LogP contribution is 2.21. The van der Waals surface area contributed by atoms with E-state index in [0.717, 1.165) is 37.2 Å². The van der Waals surface area contributed by atoms with E-state index in [9.17, 15) is 9.59 Å². The van der Waals surface area contributed by atoms with Crippen molar-refractivity contribution >= 4 is 17.7 Å². The zero-order valence-corrected chi connectivity index (χ0v) is 16.3. The average Bonchev–Trinajstić information content (AvgIpc) is 3.17. The highest BCUT2D eigenvalue weighted by molar-refractivity contribution is 5.89. The lowest BCUT2D eigenvalue weighted by Crippen LogP contribution is -2.43. The quantitative estimate of drug-likeness (QED) is 0.778. The van der Waals surface area contributed by atoms with Crippen molar-refractivity contribution in [3.63, 3.8) is 0 Å². The second kappa shape index (κ2) is 9.74. The van der Waals surface area contributed by atoms with Crippen molar-refractivity contribution in [3.8, 4) is 0 Å². The number of benzene rings is 1. The van der Waals surface area contributed by atoms with Crippen LogP contribution in [0, 0.1) is 5.92 Å². The summed E-state index contributed by atoms with van der Waals surface area (Å²) in [6, 6.07) is 7.36. The fourth-order valence-electron chi connectivity index (χ4n) is 3.94. The maximum Gasteiger partial charge on any atom is 0.321 e. The number of hydrogen-bond donors (Lipinski definition) is 1. The normalized spacial score (nSPS) is 18.5. The molecule has 2 heterocycles. The number of amides is 2. The van der Waals surface area contributed by atoms with Gasteiger partial charge in [-0.25, -0.2) is 4.79 Å². The molecule has 1 aromatic carbocycles. The third kappa shape index (κ3) is 5.96. The summed E-state index contributed by atoms with van der Waals surface area (Å²) in [7, 11) is 0. The van der Waals surface area contributed by atoms with Gasteiger partial charge in [-0.3, -0.25) is 4.79 Å². The van der Waals surface area contributed by atoms with Crippen molar-refractivity contribution in [3.05, 3.63) is 29.8 Å². The highest BCUT2D eigenvalue weighted by Gasteiger charge is 2.25. The monoisotopic (exact) mass is 373 g/mol. The van der Waals surface area contributed by atoms with Gasteiger partial charge in [0.15, 0.2) is 0 Å². The first kappa shape index (κ1) is 19.7. The Hall–Kier alpha value is -2.08. The summed E-state index contributed by atoms with van der Waals surface area (Å²) in [4.78, 5) is 28.5. The fourth-order valence-corrected chi connectivity index (χ4v) is 3.94. The number of anilines is 1. The molecule has 6 heteroatoms. The molecule has 2 aliphatic heterocycles. The van der Waals surface area contributed by atoms with E-state index in [2.05, 4.69) is 10.2 Å². The standard InChI is InChI=1S/C21H31N3O3/c1-2-27-20(25)15-17-5-7-19(8-6-17)22-21(26)24-13-9-18(10-14-24)16-23-11-3-4-12-23/h5-8,18H,2-4,9-16H2,1H3,(H,22,26). The van der Waals surface area contributed by atoms with Crippen molar-refractivity contribution in [1.82, 2.24) is 9.80 Å². The summed E-state index contributed by atoms with van der Waals surface area (Å²) < 4.78 is 4.95. The van der Waals surface area contributed by atoms with Crippen LogP contribution in [0.4, 0.5) is 10.5 Å². The maximum absolute atomic E-state index is 12.5. The third-order valence-electron chi connectivity index (χ3n) is 5.48. The Morgan fingerprint density at radius 2 is 1.74 bits per heavy atom. The number of carbonyl (C=O) groups is 2. The average molecular weight is 373 g/mol. The molecule has 2 amide bonds. The van der Waals surface area contributed by atoms with Crippen LogP contribution in [0.1, 0.15) is 38.2 Å². The van der Waals surface area contributed by atoms with E-state index in [4.69, 9.17) is 4.74 Å². The third-order valence-corrected chi connectivity index (χ3v) is 5.48. The van der Waals surface area contributed by atoms with Gasteiger partial charge in [0, 0.05) is 25.3 Å². The molecular formula is C21H31N3O3. The van der Waals surface area contributed by atoms with Crippen LogP contribution in [0.2, 0.25) is 0 Å². The SMILES string of the molecule is CCOC(=O)Cc1ccc(NC(=O)N2CCC(CN3CCCC3)CC2)cc1. The van der Waals surface area contributed by atoms with E-state index in [1.807, 2.05) is 29.2 Å². The second-order valence-corrected chi connectivity index (χ2v) is 7.55. The summed E-state index contributed by atoms with van der Waals surface area (Å²) in [5, 5.41) is 2.97. The van der Waals surface area contributed by atoms with Gasteiger partial charge >= 0.3 is 12.0 Å². The number of likely N-dealkylation sites (tertiary alicyclic amines) is 2. The zero-order chi connectivity index (χ0) is 19.1. The molecule has 0 spiro atoms. The molecule has 0 bridgehead atoms. The van der Waals surface area contributed by atoms with Crippen molar-refractivity contribution in [1.29, 1.82) is 0 Å². The lowest BCUT2D eigenvalue weighted by atomic mass is 9.96. The molecule has 0 radical (unpaired) electrons. The predicted octanol–water partition coefficient (Wildman–Crippen LogP) is 3.13. The van der Waals surface area contributed by atoms with E-state index >= 15 is 0 Å². The predicted molar refractivity (Wildman–Crippen MR) is 106 cm³/mol. The largest absolute Gasteiger partial charge is 0.466 e.